The van der Waals surface area contributed by atoms with E-state index in [1.54, 1.807) is 0 Å². The topological polar surface area (TPSA) is 18.5 Å². The van der Waals surface area contributed by atoms with Gasteiger partial charge in [0, 0.05) is 7.11 Å². The minimum atomic E-state index is -5.03. The Balaban J connectivity index is 2.92. The third kappa shape index (κ3) is 2.66. The lowest BCUT2D eigenvalue weighted by molar-refractivity contribution is 0.0517. The Hall–Kier alpha value is -1.17. The highest BCUT2D eigenvalue weighted by molar-refractivity contribution is 6.74. The maximum absolute atomic E-state index is 12.4. The van der Waals surface area contributed by atoms with E-state index in [2.05, 4.69) is 4.74 Å². The molecule has 2 nitrogen and oxygen atoms in total. The van der Waals surface area contributed by atoms with Crippen molar-refractivity contribution in [3.05, 3.63) is 24.3 Å². The van der Waals surface area contributed by atoms with Crippen LogP contribution < -0.4 is 10.2 Å². The minimum absolute atomic E-state index is 0.191. The first-order valence-corrected chi connectivity index (χ1v) is 3.96. The number of methoxy groups -OCH3 is 1. The Morgan fingerprint density at radius 3 is 2.43 bits per heavy atom. The molecular weight excluding hydrogens is 196 g/mol. The number of hydrogen-bond donors (Lipinski definition) is 0. The van der Waals surface area contributed by atoms with Gasteiger partial charge in [-0.2, -0.15) is 0 Å². The standard InChI is InChI=1S/C8H9BF3O2/c1-13-6-14-8-5-3-2-4-7(8)9(10,11)12/h2-5H,6H2,1H3/q-1. The smallest absolute Gasteiger partial charge is 0.471 e. The second kappa shape index (κ2) is 4.37. The number of ether oxygens (including phenoxy) is 2. The van der Waals surface area contributed by atoms with Gasteiger partial charge in [-0.1, -0.05) is 23.7 Å². The average molecular weight is 205 g/mol. The van der Waals surface area contributed by atoms with Crippen LogP contribution in [0.2, 0.25) is 0 Å². The van der Waals surface area contributed by atoms with Crippen LogP contribution >= 0.6 is 0 Å². The fraction of sp³-hybridized carbons (Fsp3) is 0.250. The number of rotatable bonds is 4. The highest BCUT2D eigenvalue weighted by Crippen LogP contribution is 2.17. The third-order valence-corrected chi connectivity index (χ3v) is 1.60. The molecule has 0 fully saturated rings. The predicted octanol–water partition coefficient (Wildman–Crippen LogP) is 1.72. The van der Waals surface area contributed by atoms with Crippen molar-refractivity contribution in [2.24, 2.45) is 0 Å². The maximum Gasteiger partial charge on any atom is 0.513 e. The molecule has 0 aromatic heterocycles. The van der Waals surface area contributed by atoms with Gasteiger partial charge >= 0.3 is 6.98 Å². The highest BCUT2D eigenvalue weighted by Gasteiger charge is 2.28. The Kier molecular flexibility index (Phi) is 3.40. The van der Waals surface area contributed by atoms with Crippen LogP contribution in [0, 0.1) is 0 Å². The molecule has 0 saturated heterocycles. The molecule has 0 aliphatic heterocycles. The molecule has 0 aliphatic carbocycles. The zero-order valence-corrected chi connectivity index (χ0v) is 7.54. The van der Waals surface area contributed by atoms with Gasteiger partial charge in [-0.25, -0.2) is 0 Å². The lowest BCUT2D eigenvalue weighted by Gasteiger charge is -2.19. The van der Waals surface area contributed by atoms with Crippen molar-refractivity contribution in [2.75, 3.05) is 13.9 Å². The van der Waals surface area contributed by atoms with Crippen molar-refractivity contribution in [2.45, 2.75) is 0 Å². The van der Waals surface area contributed by atoms with Crippen LogP contribution in [0.4, 0.5) is 12.9 Å². The monoisotopic (exact) mass is 205 g/mol. The quantitative estimate of drug-likeness (QED) is 0.550. The van der Waals surface area contributed by atoms with E-state index in [1.807, 2.05) is 0 Å². The van der Waals surface area contributed by atoms with Crippen LogP contribution in [-0.4, -0.2) is 20.9 Å². The SMILES string of the molecule is COCOc1ccccc1[B-](F)(F)F. The van der Waals surface area contributed by atoms with E-state index in [0.717, 1.165) is 6.07 Å². The molecule has 0 N–H and O–H groups in total. The predicted molar refractivity (Wildman–Crippen MR) is 47.7 cm³/mol. The normalized spacial score (nSPS) is 11.4. The van der Waals surface area contributed by atoms with E-state index < -0.39 is 12.4 Å². The summed E-state index contributed by atoms with van der Waals surface area (Å²) in [4.78, 5) is 0. The summed E-state index contributed by atoms with van der Waals surface area (Å²) in [6, 6.07) is 5.06. The Bertz CT molecular complexity index is 301. The van der Waals surface area contributed by atoms with E-state index in [1.165, 1.54) is 25.3 Å². The largest absolute Gasteiger partial charge is 0.513 e. The summed E-state index contributed by atoms with van der Waals surface area (Å²) in [7, 11) is 1.35. The Morgan fingerprint density at radius 2 is 1.86 bits per heavy atom. The summed E-state index contributed by atoms with van der Waals surface area (Å²) in [5.41, 5.74) is -0.732. The summed E-state index contributed by atoms with van der Waals surface area (Å²) >= 11 is 0. The molecular formula is C8H9BF3O2-. The van der Waals surface area contributed by atoms with Crippen molar-refractivity contribution in [3.8, 4) is 5.75 Å². The Morgan fingerprint density at radius 1 is 1.21 bits per heavy atom. The van der Waals surface area contributed by atoms with Crippen LogP contribution in [0.15, 0.2) is 24.3 Å². The first-order chi connectivity index (χ1) is 6.55. The molecule has 0 atom stereocenters. The molecule has 1 aromatic carbocycles. The van der Waals surface area contributed by atoms with Gasteiger partial charge in [0.2, 0.25) is 0 Å². The van der Waals surface area contributed by atoms with Crippen LogP contribution in [0.25, 0.3) is 0 Å². The molecule has 0 spiro atoms. The van der Waals surface area contributed by atoms with E-state index in [9.17, 15) is 12.9 Å². The van der Waals surface area contributed by atoms with Gasteiger partial charge in [-0.15, -0.1) is 0 Å². The lowest BCUT2D eigenvalue weighted by atomic mass is 9.79. The summed E-state index contributed by atoms with van der Waals surface area (Å²) < 4.78 is 46.6. The van der Waals surface area contributed by atoms with Crippen molar-refractivity contribution < 1.29 is 22.4 Å². The molecule has 0 radical (unpaired) electrons. The molecule has 0 aliphatic rings. The molecule has 1 aromatic rings. The zero-order chi connectivity index (χ0) is 10.6. The molecule has 0 bridgehead atoms. The summed E-state index contributed by atoms with van der Waals surface area (Å²) in [5.74, 6) is -0.193. The second-order valence-corrected chi connectivity index (χ2v) is 2.66. The third-order valence-electron chi connectivity index (χ3n) is 1.60. The molecule has 0 unspecified atom stereocenters. The van der Waals surface area contributed by atoms with Crippen LogP contribution in [0.3, 0.4) is 0 Å². The second-order valence-electron chi connectivity index (χ2n) is 2.66. The molecule has 78 valence electrons. The number of hydrogen-bond acceptors (Lipinski definition) is 2. The zero-order valence-electron chi connectivity index (χ0n) is 7.54. The molecule has 6 heteroatoms. The van der Waals surface area contributed by atoms with Crippen molar-refractivity contribution >= 4 is 12.4 Å². The molecule has 0 amide bonds. The van der Waals surface area contributed by atoms with Crippen LogP contribution in [-0.2, 0) is 4.74 Å². The van der Waals surface area contributed by atoms with Gasteiger partial charge in [0.15, 0.2) is 6.79 Å². The van der Waals surface area contributed by atoms with Crippen LogP contribution in [0.1, 0.15) is 0 Å². The first kappa shape index (κ1) is 10.9. The highest BCUT2D eigenvalue weighted by atomic mass is 19.4. The van der Waals surface area contributed by atoms with Crippen LogP contribution in [0.5, 0.6) is 5.75 Å². The summed E-state index contributed by atoms with van der Waals surface area (Å²) in [6.07, 6.45) is 0. The average Bonchev–Trinajstić information content (AvgIpc) is 2.14. The first-order valence-electron chi connectivity index (χ1n) is 3.96. The molecule has 14 heavy (non-hydrogen) atoms. The Labute approximate surface area is 79.7 Å². The molecule has 0 saturated carbocycles. The van der Waals surface area contributed by atoms with Crippen molar-refractivity contribution in [1.82, 2.24) is 0 Å². The van der Waals surface area contributed by atoms with E-state index >= 15 is 0 Å². The lowest BCUT2D eigenvalue weighted by Crippen LogP contribution is -2.35. The number of halogens is 3. The van der Waals surface area contributed by atoms with E-state index in [4.69, 9.17) is 4.74 Å². The van der Waals surface area contributed by atoms with Crippen molar-refractivity contribution in [1.29, 1.82) is 0 Å². The summed E-state index contributed by atoms with van der Waals surface area (Å²) in [5, 5.41) is 0. The number of benzene rings is 1. The number of para-hydroxylation sites is 1. The van der Waals surface area contributed by atoms with Crippen molar-refractivity contribution in [3.63, 3.8) is 0 Å². The van der Waals surface area contributed by atoms with Gasteiger partial charge in [0.1, 0.15) is 0 Å². The minimum Gasteiger partial charge on any atom is -0.471 e. The van der Waals surface area contributed by atoms with E-state index in [0.29, 0.717) is 0 Å². The molecule has 0 heterocycles. The van der Waals surface area contributed by atoms with E-state index in [-0.39, 0.29) is 12.5 Å². The van der Waals surface area contributed by atoms with Gasteiger partial charge in [-0.05, 0) is 6.07 Å². The van der Waals surface area contributed by atoms with Gasteiger partial charge in [0.25, 0.3) is 0 Å². The fourth-order valence-electron chi connectivity index (χ4n) is 1.00. The fourth-order valence-corrected chi connectivity index (χ4v) is 1.00. The maximum atomic E-state index is 12.4. The van der Waals surface area contributed by atoms with Gasteiger partial charge in [-0.3, -0.25) is 0 Å². The van der Waals surface area contributed by atoms with Gasteiger partial charge < -0.3 is 22.4 Å². The summed E-state index contributed by atoms with van der Waals surface area (Å²) in [6.45, 7) is -5.22. The van der Waals surface area contributed by atoms with Gasteiger partial charge in [0.05, 0.1) is 5.75 Å². The molecule has 1 rings (SSSR count).